The van der Waals surface area contributed by atoms with Crippen LogP contribution in [-0.4, -0.2) is 51.8 Å². The fraction of sp³-hybridized carbons (Fsp3) is 0.333. The van der Waals surface area contributed by atoms with Crippen LogP contribution in [0.4, 0.5) is 4.79 Å². The maximum atomic E-state index is 12.9. The number of nitrogens with zero attached hydrogens (tertiary/aromatic N) is 2. The van der Waals surface area contributed by atoms with Gasteiger partial charge in [-0.25, -0.2) is 9.59 Å². The average Bonchev–Trinajstić information content (AvgIpc) is 3.22. The third kappa shape index (κ3) is 4.88. The number of hydrogen-bond donors (Lipinski definition) is 0. The number of amides is 2. The molecule has 1 atom stereocenters. The van der Waals surface area contributed by atoms with E-state index in [0.29, 0.717) is 12.2 Å². The van der Waals surface area contributed by atoms with Crippen molar-refractivity contribution in [3.05, 3.63) is 57.8 Å². The molecule has 9 heteroatoms. The number of thioether (sulfide) groups is 1. The third-order valence-corrected chi connectivity index (χ3v) is 6.12. The van der Waals surface area contributed by atoms with Crippen LogP contribution in [0.2, 0.25) is 0 Å². The standard InChI is InChI=1S/C24H26N2O6S/c1-6-31-22(28)16(5)26-21(27)20(33-24(26)30)13-18-12-14(3)25(15(18)4)19-10-8-17(9-11-19)23(29)32-7-2/h8-13,16H,6-7H2,1-5H3/b20-13+/t16-/m0/s1. The molecule has 2 heterocycles. The minimum Gasteiger partial charge on any atom is -0.464 e. The zero-order valence-corrected chi connectivity index (χ0v) is 20.0. The second-order valence-corrected chi connectivity index (χ2v) is 8.40. The van der Waals surface area contributed by atoms with Crippen molar-refractivity contribution in [3.8, 4) is 5.69 Å². The third-order valence-electron chi connectivity index (χ3n) is 5.23. The van der Waals surface area contributed by atoms with Crippen LogP contribution in [0.5, 0.6) is 0 Å². The Morgan fingerprint density at radius 2 is 1.70 bits per heavy atom. The fourth-order valence-corrected chi connectivity index (χ4v) is 4.51. The molecule has 33 heavy (non-hydrogen) atoms. The van der Waals surface area contributed by atoms with Crippen molar-refractivity contribution >= 4 is 40.9 Å². The summed E-state index contributed by atoms with van der Waals surface area (Å²) in [7, 11) is 0. The van der Waals surface area contributed by atoms with E-state index in [0.717, 1.165) is 39.3 Å². The van der Waals surface area contributed by atoms with Gasteiger partial charge in [-0.3, -0.25) is 14.5 Å². The topological polar surface area (TPSA) is 94.9 Å². The van der Waals surface area contributed by atoms with Crippen LogP contribution in [-0.2, 0) is 19.1 Å². The zero-order valence-electron chi connectivity index (χ0n) is 19.2. The number of rotatable bonds is 7. The lowest BCUT2D eigenvalue weighted by Crippen LogP contribution is -2.42. The highest BCUT2D eigenvalue weighted by atomic mass is 32.2. The first-order chi connectivity index (χ1) is 15.7. The molecule has 0 unspecified atom stereocenters. The smallest absolute Gasteiger partial charge is 0.338 e. The molecule has 0 spiro atoms. The molecule has 0 saturated carbocycles. The van der Waals surface area contributed by atoms with Crippen LogP contribution in [0.25, 0.3) is 11.8 Å². The summed E-state index contributed by atoms with van der Waals surface area (Å²) in [5.74, 6) is -1.52. The number of aromatic nitrogens is 1. The number of hydrogen-bond acceptors (Lipinski definition) is 7. The number of carbonyl (C=O) groups excluding carboxylic acids is 4. The summed E-state index contributed by atoms with van der Waals surface area (Å²) >= 11 is 0.800. The van der Waals surface area contributed by atoms with Gasteiger partial charge in [-0.1, -0.05) is 0 Å². The lowest BCUT2D eigenvalue weighted by atomic mass is 10.2. The molecule has 0 radical (unpaired) electrons. The Hall–Kier alpha value is -3.33. The first-order valence-corrected chi connectivity index (χ1v) is 11.4. The van der Waals surface area contributed by atoms with Gasteiger partial charge in [0.1, 0.15) is 6.04 Å². The molecule has 0 N–H and O–H groups in total. The molecule has 1 saturated heterocycles. The SMILES string of the molecule is CCOC(=O)c1ccc(-n2c(C)cc(/C=C3/SC(=O)N([C@@H](C)C(=O)OCC)C3=O)c2C)cc1. The van der Waals surface area contributed by atoms with E-state index in [9.17, 15) is 19.2 Å². The Bertz CT molecular complexity index is 1130. The zero-order chi connectivity index (χ0) is 24.3. The van der Waals surface area contributed by atoms with E-state index in [1.807, 2.05) is 36.6 Å². The number of esters is 2. The van der Waals surface area contributed by atoms with Gasteiger partial charge < -0.3 is 14.0 Å². The van der Waals surface area contributed by atoms with Crippen molar-refractivity contribution in [2.45, 2.75) is 40.7 Å². The van der Waals surface area contributed by atoms with Crippen LogP contribution in [0, 0.1) is 13.8 Å². The van der Waals surface area contributed by atoms with Crippen LogP contribution in [0.15, 0.2) is 35.2 Å². The highest BCUT2D eigenvalue weighted by Crippen LogP contribution is 2.35. The molecule has 2 amide bonds. The Morgan fingerprint density at radius 1 is 1.06 bits per heavy atom. The lowest BCUT2D eigenvalue weighted by Gasteiger charge is -2.19. The Morgan fingerprint density at radius 3 is 2.30 bits per heavy atom. The second kappa shape index (κ2) is 10.1. The van der Waals surface area contributed by atoms with Crippen molar-refractivity contribution < 1.29 is 28.7 Å². The quantitative estimate of drug-likeness (QED) is 0.441. The molecule has 8 nitrogen and oxygen atoms in total. The van der Waals surface area contributed by atoms with Crippen molar-refractivity contribution in [2.24, 2.45) is 0 Å². The summed E-state index contributed by atoms with van der Waals surface area (Å²) in [4.78, 5) is 50.4. The largest absolute Gasteiger partial charge is 0.464 e. The maximum absolute atomic E-state index is 12.9. The Kier molecular flexibility index (Phi) is 7.43. The summed E-state index contributed by atoms with van der Waals surface area (Å²) in [6, 6.07) is 7.98. The predicted molar refractivity (Wildman–Crippen MR) is 125 cm³/mol. The van der Waals surface area contributed by atoms with Gasteiger partial charge in [0.05, 0.1) is 23.7 Å². The first kappa shape index (κ1) is 24.3. The Labute approximate surface area is 196 Å². The summed E-state index contributed by atoms with van der Waals surface area (Å²) in [6.45, 7) is 9.21. The van der Waals surface area contributed by atoms with Crippen molar-refractivity contribution in [1.82, 2.24) is 9.47 Å². The molecule has 1 aromatic heterocycles. The minimum absolute atomic E-state index is 0.169. The average molecular weight is 471 g/mol. The number of aryl methyl sites for hydroxylation is 1. The summed E-state index contributed by atoms with van der Waals surface area (Å²) in [5, 5.41) is -0.504. The van der Waals surface area contributed by atoms with Gasteiger partial charge in [-0.2, -0.15) is 0 Å². The second-order valence-electron chi connectivity index (χ2n) is 7.41. The molecule has 0 aliphatic carbocycles. The van der Waals surface area contributed by atoms with E-state index >= 15 is 0 Å². The molecule has 174 valence electrons. The molecule has 1 aliphatic rings. The molecular formula is C24H26N2O6S. The van der Waals surface area contributed by atoms with E-state index < -0.39 is 23.2 Å². The highest BCUT2D eigenvalue weighted by Gasteiger charge is 2.41. The molecule has 1 fully saturated rings. The predicted octanol–water partition coefficient (Wildman–Crippen LogP) is 4.26. The number of ether oxygens (including phenoxy) is 2. The van der Waals surface area contributed by atoms with E-state index in [1.165, 1.54) is 6.92 Å². The summed E-state index contributed by atoms with van der Waals surface area (Å²) in [5.41, 5.74) is 3.87. The molecule has 1 aliphatic heterocycles. The van der Waals surface area contributed by atoms with Crippen LogP contribution in [0.3, 0.4) is 0 Å². The Balaban J connectivity index is 1.88. The van der Waals surface area contributed by atoms with Crippen LogP contribution in [0.1, 0.15) is 48.1 Å². The number of benzene rings is 1. The normalized spacial score (nSPS) is 15.8. The monoisotopic (exact) mass is 470 g/mol. The van der Waals surface area contributed by atoms with Gasteiger partial charge in [0.25, 0.3) is 11.1 Å². The van der Waals surface area contributed by atoms with Gasteiger partial charge in [0, 0.05) is 17.1 Å². The number of imide groups is 1. The van der Waals surface area contributed by atoms with E-state index in [4.69, 9.17) is 9.47 Å². The number of carbonyl (C=O) groups is 4. The van der Waals surface area contributed by atoms with E-state index in [2.05, 4.69) is 0 Å². The summed E-state index contributed by atoms with van der Waals surface area (Å²) < 4.78 is 12.0. The molecule has 3 rings (SSSR count). The van der Waals surface area contributed by atoms with Gasteiger partial charge in [-0.15, -0.1) is 0 Å². The van der Waals surface area contributed by atoms with Crippen molar-refractivity contribution in [1.29, 1.82) is 0 Å². The fourth-order valence-electron chi connectivity index (χ4n) is 3.62. The summed E-state index contributed by atoms with van der Waals surface area (Å²) in [6.07, 6.45) is 1.66. The highest BCUT2D eigenvalue weighted by molar-refractivity contribution is 8.18. The van der Waals surface area contributed by atoms with E-state index in [-0.39, 0.29) is 17.5 Å². The van der Waals surface area contributed by atoms with Crippen molar-refractivity contribution in [2.75, 3.05) is 13.2 Å². The van der Waals surface area contributed by atoms with Crippen molar-refractivity contribution in [3.63, 3.8) is 0 Å². The van der Waals surface area contributed by atoms with E-state index in [1.54, 1.807) is 32.1 Å². The van der Waals surface area contributed by atoms with Gasteiger partial charge in [0.15, 0.2) is 0 Å². The van der Waals surface area contributed by atoms with Gasteiger partial charge in [-0.05, 0) is 88.4 Å². The maximum Gasteiger partial charge on any atom is 0.338 e. The molecular weight excluding hydrogens is 444 g/mol. The van der Waals surface area contributed by atoms with Gasteiger partial charge in [0.2, 0.25) is 0 Å². The van der Waals surface area contributed by atoms with Crippen LogP contribution < -0.4 is 0 Å². The minimum atomic E-state index is -0.992. The lowest BCUT2D eigenvalue weighted by molar-refractivity contribution is -0.150. The van der Waals surface area contributed by atoms with Crippen LogP contribution >= 0.6 is 11.8 Å². The first-order valence-electron chi connectivity index (χ1n) is 10.6. The molecule has 0 bridgehead atoms. The van der Waals surface area contributed by atoms with Gasteiger partial charge >= 0.3 is 11.9 Å². The molecule has 1 aromatic carbocycles. The molecule has 2 aromatic rings.